The molecule has 0 spiro atoms. The van der Waals surface area contributed by atoms with Gasteiger partial charge in [-0.05, 0) is 56.5 Å². The van der Waals surface area contributed by atoms with Crippen molar-refractivity contribution in [2.24, 2.45) is 11.7 Å². The molecule has 0 aliphatic carbocycles. The van der Waals surface area contributed by atoms with E-state index >= 15 is 0 Å². The third-order valence-electron chi connectivity index (χ3n) is 3.68. The molecule has 2 rings (SSSR count). The fourth-order valence-corrected chi connectivity index (χ4v) is 4.28. The molecule has 1 aromatic carbocycles. The van der Waals surface area contributed by atoms with E-state index in [1.165, 1.54) is 0 Å². The van der Waals surface area contributed by atoms with Crippen LogP contribution >= 0.6 is 11.6 Å². The van der Waals surface area contributed by atoms with Crippen LogP contribution in [0.5, 0.6) is 0 Å². The number of halogens is 1. The highest BCUT2D eigenvalue weighted by atomic mass is 35.5. The topological polar surface area (TPSA) is 63.4 Å². The number of benzene rings is 1. The van der Waals surface area contributed by atoms with Gasteiger partial charge in [0.15, 0.2) is 0 Å². The molecule has 1 aromatic rings. The highest BCUT2D eigenvalue weighted by Crippen LogP contribution is 2.28. The normalized spacial score (nSPS) is 25.4. The van der Waals surface area contributed by atoms with E-state index in [0.29, 0.717) is 23.0 Å². The van der Waals surface area contributed by atoms with Crippen LogP contribution in [-0.4, -0.2) is 31.9 Å². The molecule has 2 unspecified atom stereocenters. The molecule has 1 fully saturated rings. The van der Waals surface area contributed by atoms with Crippen molar-refractivity contribution in [3.8, 4) is 0 Å². The Bertz CT molecular complexity index is 530. The van der Waals surface area contributed by atoms with Crippen molar-refractivity contribution >= 4 is 21.6 Å². The predicted molar refractivity (Wildman–Crippen MR) is 76.6 cm³/mol. The molecule has 106 valence electrons. The summed E-state index contributed by atoms with van der Waals surface area (Å²) < 4.78 is 26.8. The summed E-state index contributed by atoms with van der Waals surface area (Å²) in [5.41, 5.74) is 5.67. The first-order chi connectivity index (χ1) is 8.95. The minimum Gasteiger partial charge on any atom is -0.330 e. The summed E-state index contributed by atoms with van der Waals surface area (Å²) in [4.78, 5) is 0.293. The fourth-order valence-electron chi connectivity index (χ4n) is 2.42. The van der Waals surface area contributed by atoms with Crippen LogP contribution < -0.4 is 5.73 Å². The Morgan fingerprint density at radius 3 is 2.53 bits per heavy atom. The van der Waals surface area contributed by atoms with Crippen molar-refractivity contribution in [1.82, 2.24) is 4.31 Å². The lowest BCUT2D eigenvalue weighted by Gasteiger charge is -2.36. The van der Waals surface area contributed by atoms with E-state index in [2.05, 4.69) is 0 Å². The van der Waals surface area contributed by atoms with Gasteiger partial charge in [-0.3, -0.25) is 0 Å². The zero-order chi connectivity index (χ0) is 14.0. The SMILES string of the molecule is CC1CCC(CN)CN1S(=O)(=O)c1ccc(Cl)cc1. The lowest BCUT2D eigenvalue weighted by Crippen LogP contribution is -2.46. The van der Waals surface area contributed by atoms with Crippen molar-refractivity contribution in [3.05, 3.63) is 29.3 Å². The summed E-state index contributed by atoms with van der Waals surface area (Å²) >= 11 is 5.80. The molecule has 4 nitrogen and oxygen atoms in total. The zero-order valence-electron chi connectivity index (χ0n) is 10.9. The lowest BCUT2D eigenvalue weighted by molar-refractivity contribution is 0.211. The molecule has 0 amide bonds. The maximum atomic E-state index is 12.6. The van der Waals surface area contributed by atoms with Crippen molar-refractivity contribution in [1.29, 1.82) is 0 Å². The summed E-state index contributed by atoms with van der Waals surface area (Å²) in [6.45, 7) is 2.97. The summed E-state index contributed by atoms with van der Waals surface area (Å²) in [5.74, 6) is 0.248. The number of hydrogen-bond acceptors (Lipinski definition) is 3. The Morgan fingerprint density at radius 1 is 1.32 bits per heavy atom. The molecule has 2 N–H and O–H groups in total. The number of nitrogens with two attached hydrogens (primary N) is 1. The van der Waals surface area contributed by atoms with Gasteiger partial charge in [-0.15, -0.1) is 0 Å². The van der Waals surface area contributed by atoms with Gasteiger partial charge in [0.05, 0.1) is 4.90 Å². The van der Waals surface area contributed by atoms with E-state index in [0.717, 1.165) is 12.8 Å². The highest BCUT2D eigenvalue weighted by molar-refractivity contribution is 7.89. The largest absolute Gasteiger partial charge is 0.330 e. The monoisotopic (exact) mass is 302 g/mol. The van der Waals surface area contributed by atoms with Crippen molar-refractivity contribution in [2.75, 3.05) is 13.1 Å². The molecule has 19 heavy (non-hydrogen) atoms. The van der Waals surface area contributed by atoms with Gasteiger partial charge in [0.1, 0.15) is 0 Å². The number of hydrogen-bond donors (Lipinski definition) is 1. The van der Waals surface area contributed by atoms with E-state index < -0.39 is 10.0 Å². The summed E-state index contributed by atoms with van der Waals surface area (Å²) in [6, 6.07) is 6.32. The van der Waals surface area contributed by atoms with Gasteiger partial charge in [-0.25, -0.2) is 8.42 Å². The molecule has 0 aromatic heterocycles. The average Bonchev–Trinajstić information content (AvgIpc) is 2.39. The van der Waals surface area contributed by atoms with Gasteiger partial charge in [0.2, 0.25) is 10.0 Å². The van der Waals surface area contributed by atoms with Crippen LogP contribution in [-0.2, 0) is 10.0 Å². The summed E-state index contributed by atoms with van der Waals surface area (Å²) in [7, 11) is -3.45. The molecule has 1 saturated heterocycles. The van der Waals surface area contributed by atoms with E-state index in [4.69, 9.17) is 17.3 Å². The molecule has 1 aliphatic rings. The van der Waals surface area contributed by atoms with E-state index in [1.807, 2.05) is 6.92 Å². The molecule has 1 aliphatic heterocycles. The first-order valence-corrected chi connectivity index (χ1v) is 8.24. The molecule has 1 heterocycles. The van der Waals surface area contributed by atoms with Crippen LogP contribution in [0.25, 0.3) is 0 Å². The average molecular weight is 303 g/mol. The smallest absolute Gasteiger partial charge is 0.243 e. The quantitative estimate of drug-likeness (QED) is 0.930. The molecule has 0 saturated carbocycles. The van der Waals surface area contributed by atoms with Crippen LogP contribution in [0.4, 0.5) is 0 Å². The summed E-state index contributed by atoms with van der Waals surface area (Å²) in [5, 5.41) is 0.533. The second kappa shape index (κ2) is 5.79. The van der Waals surface area contributed by atoms with E-state index in [1.54, 1.807) is 28.6 Å². The Morgan fingerprint density at radius 2 is 1.95 bits per heavy atom. The molecular weight excluding hydrogens is 284 g/mol. The van der Waals surface area contributed by atoms with E-state index in [-0.39, 0.29) is 12.0 Å². The first-order valence-electron chi connectivity index (χ1n) is 6.42. The molecule has 0 radical (unpaired) electrons. The molecular formula is C13H19ClN2O2S. The third-order valence-corrected chi connectivity index (χ3v) is 5.92. The van der Waals surface area contributed by atoms with Crippen LogP contribution in [0.15, 0.2) is 29.2 Å². The minimum atomic E-state index is -3.45. The van der Waals surface area contributed by atoms with Gasteiger partial charge in [-0.1, -0.05) is 11.6 Å². The minimum absolute atomic E-state index is 0.0171. The van der Waals surface area contributed by atoms with Gasteiger partial charge in [0, 0.05) is 17.6 Å². The van der Waals surface area contributed by atoms with E-state index in [9.17, 15) is 8.42 Å². The number of nitrogens with zero attached hydrogens (tertiary/aromatic N) is 1. The highest BCUT2D eigenvalue weighted by Gasteiger charge is 2.34. The van der Waals surface area contributed by atoms with Crippen LogP contribution in [0.1, 0.15) is 19.8 Å². The van der Waals surface area contributed by atoms with Gasteiger partial charge < -0.3 is 5.73 Å². The maximum absolute atomic E-state index is 12.6. The Balaban J connectivity index is 2.29. The van der Waals surface area contributed by atoms with Gasteiger partial charge >= 0.3 is 0 Å². The Hall–Kier alpha value is -0.620. The van der Waals surface area contributed by atoms with Gasteiger partial charge in [0.25, 0.3) is 0 Å². The standard InChI is InChI=1S/C13H19ClN2O2S/c1-10-2-3-11(8-15)9-16(10)19(17,18)13-6-4-12(14)5-7-13/h4-7,10-11H,2-3,8-9,15H2,1H3. The van der Waals surface area contributed by atoms with Crippen molar-refractivity contribution in [3.63, 3.8) is 0 Å². The molecule has 2 atom stereocenters. The fraction of sp³-hybridized carbons (Fsp3) is 0.538. The zero-order valence-corrected chi connectivity index (χ0v) is 12.5. The molecule has 0 bridgehead atoms. The van der Waals surface area contributed by atoms with Crippen LogP contribution in [0.2, 0.25) is 5.02 Å². The number of sulfonamides is 1. The van der Waals surface area contributed by atoms with Crippen molar-refractivity contribution < 1.29 is 8.42 Å². The third kappa shape index (κ3) is 3.11. The lowest BCUT2D eigenvalue weighted by atomic mass is 9.96. The molecule has 6 heteroatoms. The van der Waals surface area contributed by atoms with Crippen LogP contribution in [0.3, 0.4) is 0 Å². The first kappa shape index (κ1) is 14.8. The summed E-state index contributed by atoms with van der Waals surface area (Å²) in [6.07, 6.45) is 1.85. The maximum Gasteiger partial charge on any atom is 0.243 e. The van der Waals surface area contributed by atoms with Crippen LogP contribution in [0, 0.1) is 5.92 Å². The second-order valence-corrected chi connectivity index (χ2v) is 7.38. The number of rotatable bonds is 3. The predicted octanol–water partition coefficient (Wildman–Crippen LogP) is 2.09. The second-order valence-electron chi connectivity index (χ2n) is 5.06. The number of piperidine rings is 1. The Labute approximate surface area is 119 Å². The Kier molecular flexibility index (Phi) is 4.50. The van der Waals surface area contributed by atoms with Gasteiger partial charge in [-0.2, -0.15) is 4.31 Å². The van der Waals surface area contributed by atoms with Crippen molar-refractivity contribution in [2.45, 2.75) is 30.7 Å².